The largest absolute Gasteiger partial charge is 0.457 e. The predicted octanol–water partition coefficient (Wildman–Crippen LogP) is 4.53. The molecule has 1 aromatic heterocycles. The topological polar surface area (TPSA) is 60.2 Å². The SMILES string of the molecule is NNc1nc2ccc(Oc3cccc4ccccc34)cc2s1. The number of thiazole rings is 1. The lowest BCUT2D eigenvalue weighted by Gasteiger charge is -2.08. The molecule has 4 rings (SSSR count). The summed E-state index contributed by atoms with van der Waals surface area (Å²) in [6.45, 7) is 0. The van der Waals surface area contributed by atoms with Gasteiger partial charge in [0, 0.05) is 11.5 Å². The number of aromatic nitrogens is 1. The van der Waals surface area contributed by atoms with E-state index in [4.69, 9.17) is 10.6 Å². The fourth-order valence-corrected chi connectivity index (χ4v) is 3.25. The average molecular weight is 307 g/mol. The molecule has 0 amide bonds. The minimum Gasteiger partial charge on any atom is -0.457 e. The molecule has 4 aromatic rings. The third kappa shape index (κ3) is 2.26. The fraction of sp³-hybridized carbons (Fsp3) is 0. The summed E-state index contributed by atoms with van der Waals surface area (Å²) in [5.74, 6) is 7.04. The van der Waals surface area contributed by atoms with Crippen LogP contribution in [0.25, 0.3) is 21.0 Å². The van der Waals surface area contributed by atoms with Gasteiger partial charge in [-0.05, 0) is 23.6 Å². The van der Waals surface area contributed by atoms with Gasteiger partial charge in [-0.15, -0.1) is 0 Å². The second kappa shape index (κ2) is 5.29. The summed E-state index contributed by atoms with van der Waals surface area (Å²) in [7, 11) is 0. The van der Waals surface area contributed by atoms with Crippen molar-refractivity contribution in [3.63, 3.8) is 0 Å². The number of hydrogen-bond acceptors (Lipinski definition) is 5. The van der Waals surface area contributed by atoms with Crippen LogP contribution in [0.1, 0.15) is 0 Å². The van der Waals surface area contributed by atoms with Gasteiger partial charge in [-0.2, -0.15) is 0 Å². The van der Waals surface area contributed by atoms with Gasteiger partial charge in [0.2, 0.25) is 0 Å². The number of hydrazine groups is 1. The molecule has 22 heavy (non-hydrogen) atoms. The van der Waals surface area contributed by atoms with Crippen LogP contribution in [-0.4, -0.2) is 4.98 Å². The molecule has 0 aliphatic rings. The molecule has 0 radical (unpaired) electrons. The molecule has 0 fully saturated rings. The molecule has 0 unspecified atom stereocenters. The van der Waals surface area contributed by atoms with Crippen molar-refractivity contribution >= 4 is 37.5 Å². The minimum atomic E-state index is 0.692. The first kappa shape index (κ1) is 13.1. The van der Waals surface area contributed by atoms with Crippen molar-refractivity contribution in [3.8, 4) is 11.5 Å². The lowest BCUT2D eigenvalue weighted by atomic mass is 10.1. The maximum Gasteiger partial charge on any atom is 0.198 e. The molecule has 0 aliphatic carbocycles. The minimum absolute atomic E-state index is 0.692. The highest BCUT2D eigenvalue weighted by molar-refractivity contribution is 7.22. The Morgan fingerprint density at radius 1 is 1.00 bits per heavy atom. The first-order chi connectivity index (χ1) is 10.8. The van der Waals surface area contributed by atoms with E-state index >= 15 is 0 Å². The highest BCUT2D eigenvalue weighted by atomic mass is 32.1. The van der Waals surface area contributed by atoms with Gasteiger partial charge in [0.05, 0.1) is 10.2 Å². The van der Waals surface area contributed by atoms with Gasteiger partial charge in [-0.3, -0.25) is 5.43 Å². The van der Waals surface area contributed by atoms with Gasteiger partial charge in [0.15, 0.2) is 5.13 Å². The number of ether oxygens (including phenoxy) is 1. The van der Waals surface area contributed by atoms with Crippen LogP contribution in [0.4, 0.5) is 5.13 Å². The number of rotatable bonds is 3. The monoisotopic (exact) mass is 307 g/mol. The van der Waals surface area contributed by atoms with E-state index in [9.17, 15) is 0 Å². The van der Waals surface area contributed by atoms with Crippen molar-refractivity contribution < 1.29 is 4.74 Å². The zero-order valence-corrected chi connectivity index (χ0v) is 12.4. The molecule has 0 spiro atoms. The Balaban J connectivity index is 1.75. The zero-order chi connectivity index (χ0) is 14.9. The molecule has 0 atom stereocenters. The van der Waals surface area contributed by atoms with Gasteiger partial charge >= 0.3 is 0 Å². The van der Waals surface area contributed by atoms with E-state index in [1.165, 1.54) is 11.3 Å². The third-order valence-corrected chi connectivity index (χ3v) is 4.41. The molecule has 0 saturated carbocycles. The number of benzene rings is 3. The Kier molecular flexibility index (Phi) is 3.14. The number of nitrogen functional groups attached to an aromatic ring is 1. The standard InChI is InChI=1S/C17H13N3OS/c18-20-17-19-14-9-8-12(10-16(14)22-17)21-15-7-3-5-11-4-1-2-6-13(11)15/h1-10H,18H2,(H,19,20). The molecular weight excluding hydrogens is 294 g/mol. The van der Waals surface area contributed by atoms with Gasteiger partial charge in [0.25, 0.3) is 0 Å². The highest BCUT2D eigenvalue weighted by Crippen LogP contribution is 2.33. The zero-order valence-electron chi connectivity index (χ0n) is 11.6. The Morgan fingerprint density at radius 3 is 2.77 bits per heavy atom. The van der Waals surface area contributed by atoms with Crippen LogP contribution in [0.2, 0.25) is 0 Å². The molecule has 3 N–H and O–H groups in total. The smallest absolute Gasteiger partial charge is 0.198 e. The van der Waals surface area contributed by atoms with Crippen LogP contribution in [0, 0.1) is 0 Å². The maximum absolute atomic E-state index is 6.07. The second-order valence-corrected chi connectivity index (χ2v) is 5.90. The normalized spacial score (nSPS) is 11.0. The lowest BCUT2D eigenvalue weighted by molar-refractivity contribution is 0.489. The van der Waals surface area contributed by atoms with E-state index in [0.29, 0.717) is 5.13 Å². The van der Waals surface area contributed by atoms with Crippen LogP contribution in [0.5, 0.6) is 11.5 Å². The summed E-state index contributed by atoms with van der Waals surface area (Å²) in [6, 6.07) is 20.1. The van der Waals surface area contributed by atoms with E-state index in [-0.39, 0.29) is 0 Å². The van der Waals surface area contributed by atoms with Crippen LogP contribution in [0.15, 0.2) is 60.7 Å². The molecule has 5 heteroatoms. The summed E-state index contributed by atoms with van der Waals surface area (Å²) in [5, 5.41) is 2.95. The molecule has 3 aromatic carbocycles. The highest BCUT2D eigenvalue weighted by Gasteiger charge is 2.07. The van der Waals surface area contributed by atoms with Gasteiger partial charge in [-0.25, -0.2) is 10.8 Å². The maximum atomic E-state index is 6.07. The Bertz CT molecular complexity index is 959. The Morgan fingerprint density at radius 2 is 1.86 bits per heavy atom. The number of anilines is 1. The molecule has 1 heterocycles. The predicted molar refractivity (Wildman–Crippen MR) is 91.5 cm³/mol. The van der Waals surface area contributed by atoms with Crippen molar-refractivity contribution in [2.45, 2.75) is 0 Å². The van der Waals surface area contributed by atoms with E-state index in [2.05, 4.69) is 28.6 Å². The summed E-state index contributed by atoms with van der Waals surface area (Å²) in [5.41, 5.74) is 3.48. The lowest BCUT2D eigenvalue weighted by Crippen LogP contribution is -2.05. The molecule has 4 nitrogen and oxygen atoms in total. The fourth-order valence-electron chi connectivity index (χ4n) is 2.44. The number of fused-ring (bicyclic) bond motifs is 2. The summed E-state index contributed by atoms with van der Waals surface area (Å²) < 4.78 is 7.10. The number of nitrogens with one attached hydrogen (secondary N) is 1. The van der Waals surface area contributed by atoms with Crippen LogP contribution in [0.3, 0.4) is 0 Å². The number of nitrogens with two attached hydrogens (primary N) is 1. The molecular formula is C17H13N3OS. The van der Waals surface area contributed by atoms with Crippen molar-refractivity contribution in [2.24, 2.45) is 5.84 Å². The van der Waals surface area contributed by atoms with E-state index in [1.54, 1.807) is 0 Å². The van der Waals surface area contributed by atoms with E-state index in [1.807, 2.05) is 42.5 Å². The molecule has 108 valence electrons. The van der Waals surface area contributed by atoms with Crippen molar-refractivity contribution in [2.75, 3.05) is 5.43 Å². The number of hydrogen-bond donors (Lipinski definition) is 2. The van der Waals surface area contributed by atoms with E-state index in [0.717, 1.165) is 32.5 Å². The Labute approximate surface area is 131 Å². The van der Waals surface area contributed by atoms with E-state index < -0.39 is 0 Å². The molecule has 0 saturated heterocycles. The van der Waals surface area contributed by atoms with Crippen LogP contribution < -0.4 is 16.0 Å². The molecule has 0 aliphatic heterocycles. The summed E-state index contributed by atoms with van der Waals surface area (Å²) >= 11 is 1.50. The quantitative estimate of drug-likeness (QED) is 0.431. The van der Waals surface area contributed by atoms with Crippen LogP contribution in [-0.2, 0) is 0 Å². The first-order valence-corrected chi connectivity index (χ1v) is 7.68. The summed E-state index contributed by atoms with van der Waals surface area (Å²) in [6.07, 6.45) is 0. The molecule has 0 bridgehead atoms. The second-order valence-electron chi connectivity index (χ2n) is 4.87. The van der Waals surface area contributed by atoms with Gasteiger partial charge < -0.3 is 4.74 Å². The van der Waals surface area contributed by atoms with Crippen molar-refractivity contribution in [3.05, 3.63) is 60.7 Å². The van der Waals surface area contributed by atoms with Crippen LogP contribution >= 0.6 is 11.3 Å². The van der Waals surface area contributed by atoms with Crippen molar-refractivity contribution in [1.82, 2.24) is 4.98 Å². The number of nitrogens with zero attached hydrogens (tertiary/aromatic N) is 1. The van der Waals surface area contributed by atoms with Gasteiger partial charge in [-0.1, -0.05) is 47.7 Å². The average Bonchev–Trinajstić information content (AvgIpc) is 2.98. The first-order valence-electron chi connectivity index (χ1n) is 6.86. The third-order valence-electron chi connectivity index (χ3n) is 3.46. The summed E-state index contributed by atoms with van der Waals surface area (Å²) in [4.78, 5) is 4.36. The Hall–Kier alpha value is -2.63. The van der Waals surface area contributed by atoms with Gasteiger partial charge in [0.1, 0.15) is 11.5 Å². The van der Waals surface area contributed by atoms with Crippen molar-refractivity contribution in [1.29, 1.82) is 0 Å².